The molecular weight excluding hydrogens is 260 g/mol. The number of carbonyl (C=O) groups is 1. The third-order valence-electron chi connectivity index (χ3n) is 2.04. The summed E-state index contributed by atoms with van der Waals surface area (Å²) in [6.45, 7) is 5.32. The molecule has 0 aliphatic heterocycles. The molecule has 1 rings (SSSR count). The summed E-state index contributed by atoms with van der Waals surface area (Å²) in [7, 11) is 0. The van der Waals surface area contributed by atoms with E-state index in [1.54, 1.807) is 39.0 Å². The van der Waals surface area contributed by atoms with Crippen LogP contribution in [-0.4, -0.2) is 23.2 Å². The van der Waals surface area contributed by atoms with Crippen molar-refractivity contribution in [1.82, 2.24) is 5.32 Å². The molecule has 1 amide bonds. The number of nitrogens with zero attached hydrogens (tertiary/aromatic N) is 1. The van der Waals surface area contributed by atoms with Crippen LogP contribution in [0.3, 0.4) is 0 Å². The van der Waals surface area contributed by atoms with Crippen molar-refractivity contribution in [3.05, 3.63) is 39.9 Å². The molecule has 0 aromatic heterocycles. The Hall–Kier alpha value is -2.55. The van der Waals surface area contributed by atoms with E-state index in [1.807, 2.05) is 0 Å². The van der Waals surface area contributed by atoms with E-state index in [9.17, 15) is 14.9 Å². The van der Waals surface area contributed by atoms with Gasteiger partial charge in [0.1, 0.15) is 11.2 Å². The number of alkyl carbamates (subject to hydrolysis) is 1. The van der Waals surface area contributed by atoms with Gasteiger partial charge in [0.2, 0.25) is 0 Å². The number of carbonyl (C=O) groups excluding carboxylic acids is 1. The molecule has 0 spiro atoms. The van der Waals surface area contributed by atoms with E-state index < -0.39 is 16.6 Å². The molecule has 1 N–H and O–H groups in total. The summed E-state index contributed by atoms with van der Waals surface area (Å²) >= 11 is 0. The van der Waals surface area contributed by atoms with Crippen LogP contribution < -0.4 is 5.32 Å². The Balaban J connectivity index is 2.60. The first-order valence-electron chi connectivity index (χ1n) is 5.99. The molecule has 1 aromatic carbocycles. The van der Waals surface area contributed by atoms with E-state index in [1.165, 1.54) is 6.07 Å². The van der Waals surface area contributed by atoms with Crippen molar-refractivity contribution in [2.75, 3.05) is 6.54 Å². The molecule has 0 heterocycles. The summed E-state index contributed by atoms with van der Waals surface area (Å²) in [5, 5.41) is 13.2. The first kappa shape index (κ1) is 15.5. The van der Waals surface area contributed by atoms with E-state index in [0.717, 1.165) is 0 Å². The van der Waals surface area contributed by atoms with Gasteiger partial charge in [0.15, 0.2) is 0 Å². The van der Waals surface area contributed by atoms with Crippen LogP contribution in [-0.2, 0) is 4.74 Å². The largest absolute Gasteiger partial charge is 0.444 e. The Bertz CT molecular complexity index is 565. The minimum Gasteiger partial charge on any atom is -0.444 e. The molecule has 1 aromatic rings. The number of ether oxygens (including phenoxy) is 1. The second-order valence-electron chi connectivity index (χ2n) is 4.93. The van der Waals surface area contributed by atoms with Gasteiger partial charge in [-0.3, -0.25) is 10.1 Å². The lowest BCUT2D eigenvalue weighted by Gasteiger charge is -2.18. The van der Waals surface area contributed by atoms with Crippen molar-refractivity contribution < 1.29 is 14.5 Å². The molecule has 20 heavy (non-hydrogen) atoms. The highest BCUT2D eigenvalue weighted by Gasteiger charge is 2.15. The standard InChI is InChI=1S/C14H16N2O4/c1-14(2,3)20-13(17)15-10-6-8-11-7-4-5-9-12(11)16(18)19/h4-5,7,9H,10H2,1-3H3,(H,15,17). The summed E-state index contributed by atoms with van der Waals surface area (Å²) in [6, 6.07) is 6.17. The fourth-order valence-electron chi connectivity index (χ4n) is 1.31. The highest BCUT2D eigenvalue weighted by Crippen LogP contribution is 2.15. The van der Waals surface area contributed by atoms with Crippen molar-refractivity contribution in [1.29, 1.82) is 0 Å². The maximum atomic E-state index is 11.3. The fourth-order valence-corrected chi connectivity index (χ4v) is 1.31. The van der Waals surface area contributed by atoms with Crippen molar-refractivity contribution in [2.45, 2.75) is 26.4 Å². The minimum absolute atomic E-state index is 0.0565. The van der Waals surface area contributed by atoms with Crippen LogP contribution in [0.5, 0.6) is 0 Å². The second-order valence-corrected chi connectivity index (χ2v) is 4.93. The lowest BCUT2D eigenvalue weighted by atomic mass is 10.2. The van der Waals surface area contributed by atoms with Crippen molar-refractivity contribution in [2.24, 2.45) is 0 Å². The number of nitro groups is 1. The maximum Gasteiger partial charge on any atom is 0.408 e. The molecule has 106 valence electrons. The van der Waals surface area contributed by atoms with Gasteiger partial charge in [-0.2, -0.15) is 0 Å². The number of para-hydroxylation sites is 1. The normalized spacial score (nSPS) is 10.2. The van der Waals surface area contributed by atoms with E-state index in [0.29, 0.717) is 5.56 Å². The number of amides is 1. The highest BCUT2D eigenvalue weighted by atomic mass is 16.6. The predicted octanol–water partition coefficient (Wildman–Crippen LogP) is 2.47. The predicted molar refractivity (Wildman–Crippen MR) is 74.2 cm³/mol. The van der Waals surface area contributed by atoms with Crippen molar-refractivity contribution in [3.63, 3.8) is 0 Å². The lowest BCUT2D eigenvalue weighted by Crippen LogP contribution is -2.32. The van der Waals surface area contributed by atoms with E-state index in [-0.39, 0.29) is 12.2 Å². The monoisotopic (exact) mass is 276 g/mol. The molecule has 0 saturated carbocycles. The number of hydrogen-bond donors (Lipinski definition) is 1. The number of hydrogen-bond acceptors (Lipinski definition) is 4. The third-order valence-corrected chi connectivity index (χ3v) is 2.04. The summed E-state index contributed by atoms with van der Waals surface area (Å²) in [5.74, 6) is 5.30. The Morgan fingerprint density at radius 2 is 2.05 bits per heavy atom. The number of nitro benzene ring substituents is 1. The van der Waals surface area contributed by atoms with Crippen LogP contribution in [0.1, 0.15) is 26.3 Å². The molecule has 6 heteroatoms. The van der Waals surface area contributed by atoms with E-state index in [4.69, 9.17) is 4.74 Å². The van der Waals surface area contributed by atoms with Gasteiger partial charge in [-0.15, -0.1) is 0 Å². The Morgan fingerprint density at radius 3 is 2.65 bits per heavy atom. The molecule has 0 radical (unpaired) electrons. The Kier molecular flexibility index (Phi) is 5.09. The number of nitrogens with one attached hydrogen (secondary N) is 1. The maximum absolute atomic E-state index is 11.3. The van der Waals surface area contributed by atoms with Gasteiger partial charge in [0.05, 0.1) is 11.5 Å². The smallest absolute Gasteiger partial charge is 0.408 e. The van der Waals surface area contributed by atoms with E-state index >= 15 is 0 Å². The molecule has 6 nitrogen and oxygen atoms in total. The van der Waals surface area contributed by atoms with Gasteiger partial charge in [0.25, 0.3) is 5.69 Å². The molecule has 0 aliphatic carbocycles. The van der Waals surface area contributed by atoms with Crippen molar-refractivity contribution >= 4 is 11.8 Å². The first-order valence-corrected chi connectivity index (χ1v) is 5.99. The third kappa shape index (κ3) is 5.40. The van der Waals surface area contributed by atoms with Gasteiger partial charge >= 0.3 is 6.09 Å². The summed E-state index contributed by atoms with van der Waals surface area (Å²) < 4.78 is 5.03. The van der Waals surface area contributed by atoms with Gasteiger partial charge in [-0.05, 0) is 26.8 Å². The van der Waals surface area contributed by atoms with Gasteiger partial charge in [0, 0.05) is 6.07 Å². The van der Waals surface area contributed by atoms with Crippen LogP contribution in [0.25, 0.3) is 0 Å². The number of rotatable bonds is 2. The lowest BCUT2D eigenvalue weighted by molar-refractivity contribution is -0.385. The molecular formula is C14H16N2O4. The zero-order valence-electron chi connectivity index (χ0n) is 11.6. The van der Waals surface area contributed by atoms with Gasteiger partial charge in [-0.1, -0.05) is 24.0 Å². The zero-order chi connectivity index (χ0) is 15.2. The summed E-state index contributed by atoms with van der Waals surface area (Å²) in [4.78, 5) is 21.6. The van der Waals surface area contributed by atoms with Crippen LogP contribution in [0, 0.1) is 22.0 Å². The molecule has 0 atom stereocenters. The first-order chi connectivity index (χ1) is 9.29. The van der Waals surface area contributed by atoms with Crippen molar-refractivity contribution in [3.8, 4) is 11.8 Å². The molecule has 0 saturated heterocycles. The van der Waals surface area contributed by atoms with Gasteiger partial charge < -0.3 is 10.1 Å². The van der Waals surface area contributed by atoms with Crippen LogP contribution >= 0.6 is 0 Å². The van der Waals surface area contributed by atoms with Crippen LogP contribution in [0.15, 0.2) is 24.3 Å². The van der Waals surface area contributed by atoms with Crippen LogP contribution in [0.4, 0.5) is 10.5 Å². The summed E-state index contributed by atoms with van der Waals surface area (Å²) in [5.41, 5.74) is -0.323. The summed E-state index contributed by atoms with van der Waals surface area (Å²) in [6.07, 6.45) is -0.575. The fraction of sp³-hybridized carbons (Fsp3) is 0.357. The SMILES string of the molecule is CC(C)(C)OC(=O)NCC#Cc1ccccc1[N+](=O)[O-]. The highest BCUT2D eigenvalue weighted by molar-refractivity contribution is 5.68. The number of benzene rings is 1. The van der Waals surface area contributed by atoms with Crippen LogP contribution in [0.2, 0.25) is 0 Å². The topological polar surface area (TPSA) is 81.5 Å². The molecule has 0 bridgehead atoms. The average Bonchev–Trinajstić information content (AvgIpc) is 2.33. The average molecular weight is 276 g/mol. The molecule has 0 fully saturated rings. The molecule has 0 aliphatic rings. The quantitative estimate of drug-likeness (QED) is 0.511. The van der Waals surface area contributed by atoms with E-state index in [2.05, 4.69) is 17.2 Å². The molecule has 0 unspecified atom stereocenters. The Labute approximate surface area is 117 Å². The minimum atomic E-state index is -0.575. The Morgan fingerprint density at radius 1 is 1.40 bits per heavy atom. The van der Waals surface area contributed by atoms with Gasteiger partial charge in [-0.25, -0.2) is 4.79 Å². The second kappa shape index (κ2) is 6.57. The zero-order valence-corrected chi connectivity index (χ0v) is 11.6.